The van der Waals surface area contributed by atoms with Gasteiger partial charge in [-0.1, -0.05) is 0 Å². The van der Waals surface area contributed by atoms with Crippen LogP contribution in [0.3, 0.4) is 0 Å². The van der Waals surface area contributed by atoms with Gasteiger partial charge in [0, 0.05) is 6.54 Å². The van der Waals surface area contributed by atoms with Gasteiger partial charge in [0.1, 0.15) is 5.82 Å². The zero-order chi connectivity index (χ0) is 12.2. The number of hydrogen-bond donors (Lipinski definition) is 2. The van der Waals surface area contributed by atoms with Gasteiger partial charge in [0.15, 0.2) is 0 Å². The Morgan fingerprint density at radius 3 is 2.59 bits per heavy atom. The van der Waals surface area contributed by atoms with Crippen LogP contribution in [0.4, 0.5) is 4.39 Å². The van der Waals surface area contributed by atoms with Gasteiger partial charge in [0.05, 0.1) is 4.90 Å². The van der Waals surface area contributed by atoms with E-state index in [1.165, 1.54) is 12.1 Å². The highest BCUT2D eigenvalue weighted by molar-refractivity contribution is 7.89. The molecule has 0 saturated heterocycles. The van der Waals surface area contributed by atoms with Gasteiger partial charge < -0.3 is 5.73 Å². The second kappa shape index (κ2) is 6.90. The molecule has 98 valence electrons. The van der Waals surface area contributed by atoms with Crippen molar-refractivity contribution >= 4 is 22.4 Å². The van der Waals surface area contributed by atoms with Crippen molar-refractivity contribution in [1.29, 1.82) is 0 Å². The molecule has 0 aliphatic carbocycles. The van der Waals surface area contributed by atoms with Crippen molar-refractivity contribution < 1.29 is 12.8 Å². The van der Waals surface area contributed by atoms with Crippen molar-refractivity contribution in [3.63, 3.8) is 0 Å². The maximum atomic E-state index is 12.8. The molecule has 1 aromatic carbocycles. The second-order valence-corrected chi connectivity index (χ2v) is 5.19. The molecule has 0 saturated carbocycles. The van der Waals surface area contributed by atoms with Gasteiger partial charge in [-0.3, -0.25) is 0 Å². The van der Waals surface area contributed by atoms with Gasteiger partial charge in [-0.2, -0.15) is 0 Å². The molecule has 0 bridgehead atoms. The van der Waals surface area contributed by atoms with Crippen LogP contribution in [0.15, 0.2) is 23.1 Å². The Morgan fingerprint density at radius 1 is 1.41 bits per heavy atom. The van der Waals surface area contributed by atoms with Gasteiger partial charge in [-0.05, 0) is 43.7 Å². The van der Waals surface area contributed by atoms with Crippen LogP contribution in [-0.4, -0.2) is 21.5 Å². The lowest BCUT2D eigenvalue weighted by atomic mass is 10.2. The Balaban J connectivity index is 0.00000256. The molecule has 1 aromatic rings. The van der Waals surface area contributed by atoms with Crippen LogP contribution >= 0.6 is 12.4 Å². The third-order valence-corrected chi connectivity index (χ3v) is 3.72. The molecule has 0 radical (unpaired) electrons. The number of halogens is 2. The number of aryl methyl sites for hydroxylation is 1. The minimum atomic E-state index is -3.55. The number of hydrogen-bond acceptors (Lipinski definition) is 3. The molecule has 7 heteroatoms. The molecule has 0 fully saturated rings. The summed E-state index contributed by atoms with van der Waals surface area (Å²) in [7, 11) is -3.55. The molecular weight excluding hydrogens is 267 g/mol. The van der Waals surface area contributed by atoms with Crippen molar-refractivity contribution in [2.45, 2.75) is 18.2 Å². The third kappa shape index (κ3) is 4.59. The fourth-order valence-corrected chi connectivity index (χ4v) is 2.60. The molecule has 0 aromatic heterocycles. The molecule has 3 N–H and O–H groups in total. The first-order chi connectivity index (χ1) is 7.47. The van der Waals surface area contributed by atoms with Crippen LogP contribution in [0.5, 0.6) is 0 Å². The molecule has 0 spiro atoms. The number of benzene rings is 1. The largest absolute Gasteiger partial charge is 0.330 e. The van der Waals surface area contributed by atoms with Crippen LogP contribution in [-0.2, 0) is 10.0 Å². The molecule has 0 heterocycles. The second-order valence-electron chi connectivity index (χ2n) is 3.45. The molecule has 0 aliphatic rings. The fraction of sp³-hybridized carbons (Fsp3) is 0.400. The van der Waals surface area contributed by atoms with Crippen molar-refractivity contribution in [1.82, 2.24) is 4.72 Å². The van der Waals surface area contributed by atoms with Gasteiger partial charge in [0.2, 0.25) is 10.0 Å². The molecule has 0 amide bonds. The summed E-state index contributed by atoms with van der Waals surface area (Å²) in [5.41, 5.74) is 5.65. The zero-order valence-corrected chi connectivity index (χ0v) is 11.1. The highest BCUT2D eigenvalue weighted by Gasteiger charge is 2.15. The first-order valence-electron chi connectivity index (χ1n) is 4.93. The van der Waals surface area contributed by atoms with E-state index in [4.69, 9.17) is 5.73 Å². The first-order valence-corrected chi connectivity index (χ1v) is 6.41. The van der Waals surface area contributed by atoms with Crippen LogP contribution in [0, 0.1) is 12.7 Å². The quantitative estimate of drug-likeness (QED) is 0.797. The minimum absolute atomic E-state index is 0. The Morgan fingerprint density at radius 2 is 2.06 bits per heavy atom. The Labute approximate surface area is 107 Å². The van der Waals surface area contributed by atoms with Gasteiger partial charge >= 0.3 is 0 Å². The van der Waals surface area contributed by atoms with Crippen molar-refractivity contribution in [3.05, 3.63) is 29.6 Å². The molecule has 0 aliphatic heterocycles. The average molecular weight is 283 g/mol. The van der Waals surface area contributed by atoms with E-state index in [0.717, 1.165) is 6.07 Å². The minimum Gasteiger partial charge on any atom is -0.330 e. The van der Waals surface area contributed by atoms with Crippen LogP contribution in [0.1, 0.15) is 12.0 Å². The van der Waals surface area contributed by atoms with E-state index in [0.29, 0.717) is 18.5 Å². The van der Waals surface area contributed by atoms with Crippen LogP contribution in [0.2, 0.25) is 0 Å². The topological polar surface area (TPSA) is 72.2 Å². The Bertz CT molecular complexity index is 465. The highest BCUT2D eigenvalue weighted by Crippen LogP contribution is 2.15. The number of nitrogens with two attached hydrogens (primary N) is 1. The Kier molecular flexibility index (Phi) is 6.62. The first kappa shape index (κ1) is 16.3. The maximum Gasteiger partial charge on any atom is 0.240 e. The van der Waals surface area contributed by atoms with E-state index in [1.807, 2.05) is 0 Å². The summed E-state index contributed by atoms with van der Waals surface area (Å²) in [6, 6.07) is 3.58. The summed E-state index contributed by atoms with van der Waals surface area (Å²) in [6.07, 6.45) is 0.569. The predicted octanol–water partition coefficient (Wildman–Crippen LogP) is 1.18. The number of sulfonamides is 1. The summed E-state index contributed by atoms with van der Waals surface area (Å²) in [6.45, 7) is 2.27. The lowest BCUT2D eigenvalue weighted by Gasteiger charge is -2.08. The van der Waals surface area contributed by atoms with Crippen molar-refractivity contribution in [2.75, 3.05) is 13.1 Å². The monoisotopic (exact) mass is 282 g/mol. The molecule has 1 rings (SSSR count). The van der Waals surface area contributed by atoms with Crippen LogP contribution < -0.4 is 10.5 Å². The molecule has 17 heavy (non-hydrogen) atoms. The predicted molar refractivity (Wildman–Crippen MR) is 67.2 cm³/mol. The van der Waals surface area contributed by atoms with E-state index in [-0.39, 0.29) is 23.8 Å². The summed E-state index contributed by atoms with van der Waals surface area (Å²) in [5, 5.41) is 0. The Hall–Kier alpha value is -0.690. The van der Waals surface area contributed by atoms with Crippen molar-refractivity contribution in [2.24, 2.45) is 5.73 Å². The van der Waals surface area contributed by atoms with E-state index >= 15 is 0 Å². The fourth-order valence-electron chi connectivity index (χ4n) is 1.30. The molecule has 0 atom stereocenters. The van der Waals surface area contributed by atoms with E-state index in [1.54, 1.807) is 6.92 Å². The lowest BCUT2D eigenvalue weighted by Crippen LogP contribution is -2.26. The highest BCUT2D eigenvalue weighted by atomic mass is 35.5. The van der Waals surface area contributed by atoms with Gasteiger partial charge in [0.25, 0.3) is 0 Å². The smallest absolute Gasteiger partial charge is 0.240 e. The lowest BCUT2D eigenvalue weighted by molar-refractivity contribution is 0.578. The molecular formula is C10H16ClFN2O2S. The SMILES string of the molecule is Cc1cc(F)ccc1S(=O)(=O)NCCCN.Cl. The summed E-state index contributed by atoms with van der Waals surface area (Å²) >= 11 is 0. The van der Waals surface area contributed by atoms with E-state index < -0.39 is 15.8 Å². The maximum absolute atomic E-state index is 12.8. The zero-order valence-electron chi connectivity index (χ0n) is 9.44. The molecule has 4 nitrogen and oxygen atoms in total. The van der Waals surface area contributed by atoms with E-state index in [9.17, 15) is 12.8 Å². The summed E-state index contributed by atoms with van der Waals surface area (Å²) in [4.78, 5) is 0.103. The van der Waals surface area contributed by atoms with E-state index in [2.05, 4.69) is 4.72 Å². The van der Waals surface area contributed by atoms with Crippen molar-refractivity contribution in [3.8, 4) is 0 Å². The third-order valence-electron chi connectivity index (χ3n) is 2.10. The molecule has 0 unspecified atom stereocenters. The van der Waals surface area contributed by atoms with Gasteiger partial charge in [-0.15, -0.1) is 12.4 Å². The summed E-state index contributed by atoms with van der Waals surface area (Å²) in [5.74, 6) is -0.446. The standard InChI is InChI=1S/C10H15FN2O2S.ClH/c1-8-7-9(11)3-4-10(8)16(14,15)13-6-2-5-12;/h3-4,7,13H,2,5-6,12H2,1H3;1H. The normalized spacial score (nSPS) is 11.0. The van der Waals surface area contributed by atoms with Gasteiger partial charge in [-0.25, -0.2) is 17.5 Å². The average Bonchev–Trinajstić information content (AvgIpc) is 2.17. The number of nitrogens with one attached hydrogen (secondary N) is 1. The van der Waals surface area contributed by atoms with Crippen LogP contribution in [0.25, 0.3) is 0 Å². The summed E-state index contributed by atoms with van der Waals surface area (Å²) < 4.78 is 38.7. The number of rotatable bonds is 5.